The molecule has 0 bridgehead atoms. The minimum Gasteiger partial charge on any atom is -0.462 e. The van der Waals surface area contributed by atoms with Gasteiger partial charge >= 0.3 is 39.5 Å². The number of aliphatic hydroxyl groups is 1. The molecule has 0 aromatic heterocycles. The summed E-state index contributed by atoms with van der Waals surface area (Å²) in [5.41, 5.74) is 0. The lowest BCUT2D eigenvalue weighted by atomic mass is 10.00. The van der Waals surface area contributed by atoms with Crippen LogP contribution >= 0.6 is 15.6 Å². The summed E-state index contributed by atoms with van der Waals surface area (Å²) in [6.45, 7) is 7.26. The van der Waals surface area contributed by atoms with E-state index >= 15 is 0 Å². The average molecular weight is 1420 g/mol. The van der Waals surface area contributed by atoms with Crippen LogP contribution in [-0.2, 0) is 65.4 Å². The SMILES string of the molecule is CCCCCCCCCCCCCCCCCCCCC(=O)OC[C@H](COP(=O)(O)OC[C@@H](O)COP(=O)(O)OC[C@@H](COC(=O)CCCCCCCCC(C)CC)OC(=O)CCCCCCCCCCCCC)OC(=O)CCCCCCCCCCCCCCCCCCCC. The van der Waals surface area contributed by atoms with Gasteiger partial charge in [-0.15, -0.1) is 0 Å². The van der Waals surface area contributed by atoms with Crippen LogP contribution in [-0.4, -0.2) is 96.7 Å². The summed E-state index contributed by atoms with van der Waals surface area (Å²) in [5, 5.41) is 10.6. The highest BCUT2D eigenvalue weighted by atomic mass is 31.2. The van der Waals surface area contributed by atoms with Crippen molar-refractivity contribution in [2.75, 3.05) is 39.6 Å². The molecule has 0 amide bonds. The monoisotopic (exact) mass is 1420 g/mol. The molecular weight excluding hydrogens is 1270 g/mol. The first kappa shape index (κ1) is 95.1. The lowest BCUT2D eigenvalue weighted by Crippen LogP contribution is -2.30. The molecule has 0 saturated heterocycles. The zero-order valence-electron chi connectivity index (χ0n) is 63.2. The third-order valence-electron chi connectivity index (χ3n) is 18.6. The van der Waals surface area contributed by atoms with Gasteiger partial charge in [0, 0.05) is 25.7 Å². The second kappa shape index (κ2) is 71.1. The van der Waals surface area contributed by atoms with Crippen LogP contribution in [0.4, 0.5) is 0 Å². The van der Waals surface area contributed by atoms with Crippen LogP contribution < -0.4 is 0 Å². The number of esters is 4. The number of carbonyl (C=O) groups is 4. The fourth-order valence-corrected chi connectivity index (χ4v) is 13.6. The van der Waals surface area contributed by atoms with Gasteiger partial charge in [0.1, 0.15) is 19.3 Å². The van der Waals surface area contributed by atoms with E-state index < -0.39 is 97.5 Å². The van der Waals surface area contributed by atoms with Gasteiger partial charge in [-0.1, -0.05) is 362 Å². The van der Waals surface area contributed by atoms with Gasteiger partial charge in [-0.2, -0.15) is 0 Å². The van der Waals surface area contributed by atoms with Gasteiger partial charge in [-0.3, -0.25) is 37.3 Å². The highest BCUT2D eigenvalue weighted by Gasteiger charge is 2.30. The zero-order chi connectivity index (χ0) is 71.2. The first-order valence-corrected chi connectivity index (χ1v) is 43.7. The van der Waals surface area contributed by atoms with Crippen LogP contribution in [0.2, 0.25) is 0 Å². The Morgan fingerprint density at radius 3 is 0.732 bits per heavy atom. The topological polar surface area (TPSA) is 237 Å². The van der Waals surface area contributed by atoms with Crippen LogP contribution in [0.1, 0.15) is 413 Å². The first-order chi connectivity index (χ1) is 47.1. The zero-order valence-corrected chi connectivity index (χ0v) is 65.0. The van der Waals surface area contributed by atoms with Crippen LogP contribution in [0, 0.1) is 5.92 Å². The fraction of sp³-hybridized carbons (Fsp3) is 0.949. The van der Waals surface area contributed by atoms with Crippen molar-refractivity contribution in [1.29, 1.82) is 0 Å². The minimum atomic E-state index is -4.96. The quantitative estimate of drug-likeness (QED) is 0.0222. The summed E-state index contributed by atoms with van der Waals surface area (Å²) in [6, 6.07) is 0. The highest BCUT2D eigenvalue weighted by molar-refractivity contribution is 7.47. The molecule has 6 atom stereocenters. The van der Waals surface area contributed by atoms with Gasteiger partial charge in [-0.25, -0.2) is 9.13 Å². The molecule has 0 fully saturated rings. The van der Waals surface area contributed by atoms with Crippen molar-refractivity contribution in [3.05, 3.63) is 0 Å². The maximum absolute atomic E-state index is 13.1. The first-order valence-electron chi connectivity index (χ1n) is 40.7. The molecule has 17 nitrogen and oxygen atoms in total. The van der Waals surface area contributed by atoms with Crippen LogP contribution in [0.15, 0.2) is 0 Å². The average Bonchev–Trinajstić information content (AvgIpc) is 2.75. The number of hydrogen-bond donors (Lipinski definition) is 3. The molecule has 0 spiro atoms. The predicted octanol–water partition coefficient (Wildman–Crippen LogP) is 23.3. The van der Waals surface area contributed by atoms with Gasteiger partial charge in [0.25, 0.3) is 0 Å². The van der Waals surface area contributed by atoms with E-state index in [4.69, 9.17) is 37.0 Å². The number of phosphoric acid groups is 2. The number of aliphatic hydroxyl groups excluding tert-OH is 1. The fourth-order valence-electron chi connectivity index (χ4n) is 12.0. The molecule has 0 radical (unpaired) electrons. The Kier molecular flexibility index (Phi) is 69.6. The van der Waals surface area contributed by atoms with E-state index in [9.17, 15) is 43.2 Å². The van der Waals surface area contributed by atoms with Crippen molar-refractivity contribution >= 4 is 39.5 Å². The lowest BCUT2D eigenvalue weighted by molar-refractivity contribution is -0.161. The van der Waals surface area contributed by atoms with Gasteiger partial charge < -0.3 is 33.8 Å². The number of unbranched alkanes of at least 4 members (excludes halogenated alkanes) is 49. The Morgan fingerprint density at radius 2 is 0.495 bits per heavy atom. The standard InChI is InChI=1S/C78H152O17P2/c1-6-10-13-16-19-22-25-27-29-31-33-35-37-40-42-45-51-56-61-75(80)88-67-73(94-78(83)64-59-54-47-44-41-38-36-34-32-30-28-26-23-20-17-14-11-7-2)69-92-96(84,85)90-65-72(79)66-91-97(86,87)93-70-74(68-89-76(81)62-57-52-49-48-50-55-60-71(5)9-4)95-77(82)63-58-53-46-43-39-24-21-18-15-12-8-3/h71-74,79H,6-70H2,1-5H3,(H,84,85)(H,86,87)/t71?,72-,73-,74-/m1/s1. The normalized spacial score (nSPS) is 14.2. The summed E-state index contributed by atoms with van der Waals surface area (Å²) in [6.07, 6.45) is 61.1. The third kappa shape index (κ3) is 70.9. The third-order valence-corrected chi connectivity index (χ3v) is 20.5. The van der Waals surface area contributed by atoms with E-state index in [1.165, 1.54) is 231 Å². The van der Waals surface area contributed by atoms with Crippen molar-refractivity contribution in [3.8, 4) is 0 Å². The number of carbonyl (C=O) groups excluding carboxylic acids is 4. The van der Waals surface area contributed by atoms with Crippen LogP contribution in [0.25, 0.3) is 0 Å². The Balaban J connectivity index is 5.22. The number of phosphoric ester groups is 2. The van der Waals surface area contributed by atoms with Crippen LogP contribution in [0.3, 0.4) is 0 Å². The molecule has 576 valence electrons. The van der Waals surface area contributed by atoms with E-state index in [1.54, 1.807) is 0 Å². The predicted molar refractivity (Wildman–Crippen MR) is 395 cm³/mol. The van der Waals surface area contributed by atoms with E-state index in [0.29, 0.717) is 25.7 Å². The smallest absolute Gasteiger partial charge is 0.462 e. The number of rotatable bonds is 78. The Bertz CT molecular complexity index is 1860. The van der Waals surface area contributed by atoms with Crippen molar-refractivity contribution in [1.82, 2.24) is 0 Å². The largest absolute Gasteiger partial charge is 0.472 e. The summed E-state index contributed by atoms with van der Waals surface area (Å²) in [4.78, 5) is 72.9. The highest BCUT2D eigenvalue weighted by Crippen LogP contribution is 2.45. The molecule has 0 heterocycles. The molecule has 97 heavy (non-hydrogen) atoms. The maximum atomic E-state index is 13.1. The molecule has 0 aliphatic rings. The molecule has 3 unspecified atom stereocenters. The summed E-state index contributed by atoms with van der Waals surface area (Å²) >= 11 is 0. The number of hydrogen-bond acceptors (Lipinski definition) is 15. The van der Waals surface area contributed by atoms with E-state index in [0.717, 1.165) is 102 Å². The lowest BCUT2D eigenvalue weighted by Gasteiger charge is -2.21. The maximum Gasteiger partial charge on any atom is 0.472 e. The second-order valence-electron chi connectivity index (χ2n) is 28.3. The van der Waals surface area contributed by atoms with E-state index in [-0.39, 0.29) is 25.7 Å². The van der Waals surface area contributed by atoms with Gasteiger partial charge in [0.2, 0.25) is 0 Å². The van der Waals surface area contributed by atoms with E-state index in [1.807, 2.05) is 0 Å². The summed E-state index contributed by atoms with van der Waals surface area (Å²) in [7, 11) is -9.91. The summed E-state index contributed by atoms with van der Waals surface area (Å²) < 4.78 is 68.6. The molecule has 0 saturated carbocycles. The molecule has 0 rings (SSSR count). The van der Waals surface area contributed by atoms with Gasteiger partial charge in [0.15, 0.2) is 12.2 Å². The molecule has 3 N–H and O–H groups in total. The molecular formula is C78H152O17P2. The molecule has 0 aliphatic heterocycles. The Labute approximate surface area is 594 Å². The van der Waals surface area contributed by atoms with E-state index in [2.05, 4.69) is 34.6 Å². The molecule has 0 aliphatic carbocycles. The Hall–Kier alpha value is -1.94. The molecule has 19 heteroatoms. The van der Waals surface area contributed by atoms with Crippen molar-refractivity contribution in [2.45, 2.75) is 432 Å². The van der Waals surface area contributed by atoms with Crippen molar-refractivity contribution in [2.24, 2.45) is 5.92 Å². The van der Waals surface area contributed by atoms with Crippen molar-refractivity contribution < 1.29 is 80.2 Å². The van der Waals surface area contributed by atoms with Crippen LogP contribution in [0.5, 0.6) is 0 Å². The minimum absolute atomic E-state index is 0.106. The second-order valence-corrected chi connectivity index (χ2v) is 31.3. The van der Waals surface area contributed by atoms with Crippen molar-refractivity contribution in [3.63, 3.8) is 0 Å². The summed E-state index contributed by atoms with van der Waals surface area (Å²) in [5.74, 6) is -1.38. The van der Waals surface area contributed by atoms with Gasteiger partial charge in [-0.05, 0) is 31.6 Å². The van der Waals surface area contributed by atoms with Gasteiger partial charge in [0.05, 0.1) is 26.4 Å². The molecule has 0 aromatic rings. The Morgan fingerprint density at radius 1 is 0.289 bits per heavy atom. The number of ether oxygens (including phenoxy) is 4. The molecule has 0 aromatic carbocycles.